The number of benzene rings is 3. The molecule has 1 aromatic heterocycles. The number of nitrogens with zero attached hydrogens (tertiary/aromatic N) is 1. The molecule has 0 saturated heterocycles. The Morgan fingerprint density at radius 2 is 1.67 bits per heavy atom. The van der Waals surface area contributed by atoms with Gasteiger partial charge in [0.05, 0.1) is 30.7 Å². The average molecular weight is 484 g/mol. The molecule has 3 aromatic carbocycles. The highest BCUT2D eigenvalue weighted by molar-refractivity contribution is 6.10. The number of hydrogen-bond donors (Lipinski definition) is 0. The normalized spacial score (nSPS) is 14.8. The summed E-state index contributed by atoms with van der Waals surface area (Å²) in [5.41, 5.74) is 1.94. The Morgan fingerprint density at radius 3 is 2.44 bits per heavy atom. The zero-order chi connectivity index (χ0) is 25.1. The zero-order valence-corrected chi connectivity index (χ0v) is 20.5. The fourth-order valence-electron chi connectivity index (χ4n) is 4.77. The van der Waals surface area contributed by atoms with Crippen molar-refractivity contribution in [3.63, 3.8) is 0 Å². The van der Waals surface area contributed by atoms with Gasteiger partial charge in [-0.1, -0.05) is 62.6 Å². The summed E-state index contributed by atoms with van der Waals surface area (Å²) in [6, 6.07) is 21.3. The topological polar surface area (TPSA) is 69.0 Å². The van der Waals surface area contributed by atoms with Gasteiger partial charge in [0.1, 0.15) is 5.58 Å². The van der Waals surface area contributed by atoms with E-state index in [1.165, 1.54) is 12.8 Å². The molecule has 0 bridgehead atoms. The van der Waals surface area contributed by atoms with Gasteiger partial charge >= 0.3 is 0 Å². The second-order valence-electron chi connectivity index (χ2n) is 8.90. The number of fused-ring (bicyclic) bond motifs is 2. The van der Waals surface area contributed by atoms with Crippen LogP contribution in [0.25, 0.3) is 11.0 Å². The summed E-state index contributed by atoms with van der Waals surface area (Å²) in [4.78, 5) is 29.0. The Hall–Kier alpha value is -4.06. The number of para-hydroxylation sites is 2. The third-order valence-electron chi connectivity index (χ3n) is 6.57. The lowest BCUT2D eigenvalue weighted by Crippen LogP contribution is -2.29. The SMILES string of the molecule is CCCCCCOc1ccc(C2c3c(oc4ccccc4c3=O)C(=O)N2c2ccccc2)cc1OC. The molecule has 1 aliphatic rings. The number of hydrogen-bond acceptors (Lipinski definition) is 5. The van der Waals surface area contributed by atoms with Crippen LogP contribution in [0.1, 0.15) is 60.3 Å². The molecule has 36 heavy (non-hydrogen) atoms. The summed E-state index contributed by atoms with van der Waals surface area (Å²) in [6.45, 7) is 2.78. The number of unbranched alkanes of at least 4 members (excludes halogenated alkanes) is 3. The van der Waals surface area contributed by atoms with Gasteiger partial charge in [0, 0.05) is 5.69 Å². The molecule has 4 aromatic rings. The Balaban J connectivity index is 1.60. The van der Waals surface area contributed by atoms with Crippen LogP contribution in [-0.4, -0.2) is 19.6 Å². The zero-order valence-electron chi connectivity index (χ0n) is 20.5. The largest absolute Gasteiger partial charge is 0.493 e. The van der Waals surface area contributed by atoms with E-state index in [0.717, 1.165) is 18.4 Å². The molecule has 0 aliphatic carbocycles. The molecule has 0 N–H and O–H groups in total. The first-order chi connectivity index (χ1) is 17.6. The number of anilines is 1. The third-order valence-corrected chi connectivity index (χ3v) is 6.57. The highest BCUT2D eigenvalue weighted by Gasteiger charge is 2.43. The number of rotatable bonds is 9. The maximum absolute atomic E-state index is 13.7. The quantitative estimate of drug-likeness (QED) is 0.254. The van der Waals surface area contributed by atoms with Crippen molar-refractivity contribution in [3.8, 4) is 11.5 Å². The van der Waals surface area contributed by atoms with E-state index in [2.05, 4.69) is 6.92 Å². The van der Waals surface area contributed by atoms with E-state index < -0.39 is 6.04 Å². The van der Waals surface area contributed by atoms with E-state index in [4.69, 9.17) is 13.9 Å². The van der Waals surface area contributed by atoms with E-state index in [1.807, 2.05) is 48.5 Å². The summed E-state index contributed by atoms with van der Waals surface area (Å²) < 4.78 is 17.7. The van der Waals surface area contributed by atoms with Crippen LogP contribution < -0.4 is 19.8 Å². The van der Waals surface area contributed by atoms with E-state index >= 15 is 0 Å². The van der Waals surface area contributed by atoms with Crippen LogP contribution in [0.3, 0.4) is 0 Å². The van der Waals surface area contributed by atoms with E-state index in [1.54, 1.807) is 36.3 Å². The van der Waals surface area contributed by atoms with Crippen molar-refractivity contribution in [3.05, 3.63) is 99.9 Å². The van der Waals surface area contributed by atoms with Gasteiger partial charge in [-0.3, -0.25) is 14.5 Å². The van der Waals surface area contributed by atoms with Crippen LogP contribution in [0.5, 0.6) is 11.5 Å². The van der Waals surface area contributed by atoms with E-state index in [0.29, 0.717) is 40.3 Å². The van der Waals surface area contributed by atoms with Crippen molar-refractivity contribution in [2.24, 2.45) is 0 Å². The van der Waals surface area contributed by atoms with Crippen molar-refractivity contribution in [1.82, 2.24) is 0 Å². The van der Waals surface area contributed by atoms with Crippen LogP contribution in [0.15, 0.2) is 82.0 Å². The molecule has 1 atom stereocenters. The minimum absolute atomic E-state index is 0.0720. The maximum Gasteiger partial charge on any atom is 0.295 e. The summed E-state index contributed by atoms with van der Waals surface area (Å²) in [5.74, 6) is 0.920. The lowest BCUT2D eigenvalue weighted by atomic mass is 9.97. The Kier molecular flexibility index (Phi) is 6.76. The molecular weight excluding hydrogens is 454 g/mol. The average Bonchev–Trinajstić information content (AvgIpc) is 3.21. The smallest absolute Gasteiger partial charge is 0.295 e. The van der Waals surface area contributed by atoms with E-state index in [-0.39, 0.29) is 17.1 Å². The third kappa shape index (κ3) is 4.24. The van der Waals surface area contributed by atoms with Gasteiger partial charge in [-0.05, 0) is 48.4 Å². The monoisotopic (exact) mass is 483 g/mol. The molecule has 5 rings (SSSR count). The number of amides is 1. The number of carbonyl (C=O) groups excluding carboxylic acids is 1. The molecule has 0 fully saturated rings. The highest BCUT2D eigenvalue weighted by atomic mass is 16.5. The van der Waals surface area contributed by atoms with Crippen molar-refractivity contribution < 1.29 is 18.7 Å². The lowest BCUT2D eigenvalue weighted by Gasteiger charge is -2.26. The molecule has 0 radical (unpaired) electrons. The molecule has 184 valence electrons. The van der Waals surface area contributed by atoms with Crippen molar-refractivity contribution in [2.75, 3.05) is 18.6 Å². The van der Waals surface area contributed by atoms with Gasteiger partial charge in [0.2, 0.25) is 5.76 Å². The predicted molar refractivity (Wildman–Crippen MR) is 140 cm³/mol. The van der Waals surface area contributed by atoms with E-state index in [9.17, 15) is 9.59 Å². The summed E-state index contributed by atoms with van der Waals surface area (Å²) in [6.07, 6.45) is 4.44. The Morgan fingerprint density at radius 1 is 0.889 bits per heavy atom. The maximum atomic E-state index is 13.7. The van der Waals surface area contributed by atoms with Crippen LogP contribution in [-0.2, 0) is 0 Å². The first-order valence-corrected chi connectivity index (χ1v) is 12.4. The van der Waals surface area contributed by atoms with Gasteiger partial charge in [0.15, 0.2) is 16.9 Å². The summed E-state index contributed by atoms with van der Waals surface area (Å²) >= 11 is 0. The fraction of sp³-hybridized carbons (Fsp3) is 0.267. The van der Waals surface area contributed by atoms with Gasteiger partial charge in [-0.15, -0.1) is 0 Å². The molecule has 1 amide bonds. The van der Waals surface area contributed by atoms with Crippen LogP contribution >= 0.6 is 0 Å². The summed E-state index contributed by atoms with van der Waals surface area (Å²) in [5, 5.41) is 0.447. The first-order valence-electron chi connectivity index (χ1n) is 12.4. The molecule has 0 spiro atoms. The Labute approximate surface area is 210 Å². The first kappa shape index (κ1) is 23.7. The van der Waals surface area contributed by atoms with Crippen LogP contribution in [0, 0.1) is 0 Å². The standard InChI is InChI=1S/C30H29NO5/c1-3-4-5-11-18-35-24-17-16-20(19-25(24)34-2)27-26-28(32)22-14-9-10-15-23(22)36-29(26)30(33)31(27)21-12-7-6-8-13-21/h6-10,12-17,19,27H,3-5,11,18H2,1-2H3. The highest BCUT2D eigenvalue weighted by Crippen LogP contribution is 2.43. The minimum atomic E-state index is -0.664. The number of carbonyl (C=O) groups is 1. The van der Waals surface area contributed by atoms with Crippen molar-refractivity contribution in [1.29, 1.82) is 0 Å². The fourth-order valence-corrected chi connectivity index (χ4v) is 4.77. The van der Waals surface area contributed by atoms with Gasteiger partial charge in [0.25, 0.3) is 5.91 Å². The number of methoxy groups -OCH3 is 1. The second-order valence-corrected chi connectivity index (χ2v) is 8.90. The molecule has 1 unspecified atom stereocenters. The predicted octanol–water partition coefficient (Wildman–Crippen LogP) is 6.51. The molecule has 6 heteroatoms. The van der Waals surface area contributed by atoms with Gasteiger partial charge in [-0.2, -0.15) is 0 Å². The van der Waals surface area contributed by atoms with Gasteiger partial charge in [-0.25, -0.2) is 0 Å². The summed E-state index contributed by atoms with van der Waals surface area (Å²) in [7, 11) is 1.59. The molecule has 2 heterocycles. The van der Waals surface area contributed by atoms with Crippen molar-refractivity contribution >= 4 is 22.6 Å². The molecule has 1 aliphatic heterocycles. The van der Waals surface area contributed by atoms with Crippen LogP contribution in [0.4, 0.5) is 5.69 Å². The molecular formula is C30H29NO5. The van der Waals surface area contributed by atoms with Crippen molar-refractivity contribution in [2.45, 2.75) is 38.6 Å². The molecule has 0 saturated carbocycles. The molecule has 6 nitrogen and oxygen atoms in total. The minimum Gasteiger partial charge on any atom is -0.493 e. The van der Waals surface area contributed by atoms with Crippen LogP contribution in [0.2, 0.25) is 0 Å². The van der Waals surface area contributed by atoms with Gasteiger partial charge < -0.3 is 13.9 Å². The second kappa shape index (κ2) is 10.3. The lowest BCUT2D eigenvalue weighted by molar-refractivity contribution is 0.0971. The number of ether oxygens (including phenoxy) is 2. The Bertz CT molecular complexity index is 1440.